The lowest BCUT2D eigenvalue weighted by atomic mass is 10.2. The van der Waals surface area contributed by atoms with Gasteiger partial charge in [-0.05, 0) is 37.6 Å². The molecule has 4 heteroatoms. The molecule has 0 spiro atoms. The molecule has 18 heavy (non-hydrogen) atoms. The molecular weight excluding hydrogens is 228 g/mol. The van der Waals surface area contributed by atoms with Crippen molar-refractivity contribution in [3.05, 3.63) is 29.8 Å². The predicted molar refractivity (Wildman–Crippen MR) is 70.7 cm³/mol. The largest absolute Gasteiger partial charge is 0.493 e. The Labute approximate surface area is 108 Å². The third-order valence-electron chi connectivity index (χ3n) is 3.01. The normalized spacial score (nSPS) is 18.6. The Morgan fingerprint density at radius 2 is 2.44 bits per heavy atom. The summed E-state index contributed by atoms with van der Waals surface area (Å²) in [5.74, 6) is 0.890. The molecule has 0 aromatic heterocycles. The summed E-state index contributed by atoms with van der Waals surface area (Å²) in [5.41, 5.74) is 1.16. The Morgan fingerprint density at radius 1 is 1.56 bits per heavy atom. The van der Waals surface area contributed by atoms with Gasteiger partial charge in [0.2, 0.25) is 5.91 Å². The standard InChI is InChI=1S/C14H20N2O2/c1-11-3-2-4-13(9-11)18-8-6-14(17)16-12-5-7-15-10-12/h2-4,9,12,15H,5-8,10H2,1H3,(H,16,17)/t12-/m1/s1. The highest BCUT2D eigenvalue weighted by molar-refractivity contribution is 5.76. The quantitative estimate of drug-likeness (QED) is 0.824. The van der Waals surface area contributed by atoms with Crippen LogP contribution in [0.5, 0.6) is 5.75 Å². The summed E-state index contributed by atoms with van der Waals surface area (Å²) in [5, 5.41) is 6.21. The fraction of sp³-hybridized carbons (Fsp3) is 0.500. The Hall–Kier alpha value is -1.55. The molecule has 0 unspecified atom stereocenters. The van der Waals surface area contributed by atoms with Crippen molar-refractivity contribution in [2.45, 2.75) is 25.8 Å². The molecule has 1 aromatic rings. The van der Waals surface area contributed by atoms with Crippen molar-refractivity contribution in [3.63, 3.8) is 0 Å². The van der Waals surface area contributed by atoms with Gasteiger partial charge < -0.3 is 15.4 Å². The third kappa shape index (κ3) is 4.04. The lowest BCUT2D eigenvalue weighted by Gasteiger charge is -2.11. The van der Waals surface area contributed by atoms with Crippen molar-refractivity contribution < 1.29 is 9.53 Å². The molecular formula is C14H20N2O2. The lowest BCUT2D eigenvalue weighted by molar-refractivity contribution is -0.122. The maximum atomic E-state index is 11.6. The Morgan fingerprint density at radius 3 is 3.17 bits per heavy atom. The topological polar surface area (TPSA) is 50.4 Å². The molecule has 0 saturated carbocycles. The molecule has 0 aliphatic carbocycles. The number of ether oxygens (including phenoxy) is 1. The van der Waals surface area contributed by atoms with Gasteiger partial charge in [-0.3, -0.25) is 4.79 Å². The summed E-state index contributed by atoms with van der Waals surface area (Å²) in [6.07, 6.45) is 1.43. The van der Waals surface area contributed by atoms with Crippen molar-refractivity contribution >= 4 is 5.91 Å². The average molecular weight is 248 g/mol. The van der Waals surface area contributed by atoms with Crippen molar-refractivity contribution in [1.82, 2.24) is 10.6 Å². The molecule has 2 N–H and O–H groups in total. The van der Waals surface area contributed by atoms with Crippen molar-refractivity contribution in [1.29, 1.82) is 0 Å². The molecule has 1 saturated heterocycles. The van der Waals surface area contributed by atoms with E-state index in [2.05, 4.69) is 10.6 Å². The molecule has 1 amide bonds. The first-order chi connectivity index (χ1) is 8.74. The summed E-state index contributed by atoms with van der Waals surface area (Å²) in [6, 6.07) is 8.14. The van der Waals surface area contributed by atoms with Crippen LogP contribution in [0.4, 0.5) is 0 Å². The van der Waals surface area contributed by atoms with Gasteiger partial charge >= 0.3 is 0 Å². The fourth-order valence-corrected chi connectivity index (χ4v) is 2.04. The Kier molecular flexibility index (Phi) is 4.59. The minimum absolute atomic E-state index is 0.0661. The van der Waals surface area contributed by atoms with Crippen molar-refractivity contribution in [2.75, 3.05) is 19.7 Å². The van der Waals surface area contributed by atoms with E-state index in [0.717, 1.165) is 30.8 Å². The first-order valence-electron chi connectivity index (χ1n) is 6.43. The van der Waals surface area contributed by atoms with Crippen molar-refractivity contribution in [2.24, 2.45) is 0 Å². The van der Waals surface area contributed by atoms with E-state index in [0.29, 0.717) is 13.0 Å². The van der Waals surface area contributed by atoms with E-state index in [1.54, 1.807) is 0 Å². The van der Waals surface area contributed by atoms with Crippen LogP contribution >= 0.6 is 0 Å². The van der Waals surface area contributed by atoms with Crippen LogP contribution in [-0.4, -0.2) is 31.6 Å². The van der Waals surface area contributed by atoms with Gasteiger partial charge in [-0.15, -0.1) is 0 Å². The van der Waals surface area contributed by atoms with Crippen LogP contribution in [0.1, 0.15) is 18.4 Å². The van der Waals surface area contributed by atoms with E-state index in [4.69, 9.17) is 4.74 Å². The van der Waals surface area contributed by atoms with E-state index in [1.807, 2.05) is 31.2 Å². The molecule has 1 fully saturated rings. The Balaban J connectivity index is 1.66. The molecule has 1 heterocycles. The van der Waals surface area contributed by atoms with Gasteiger partial charge in [0.05, 0.1) is 13.0 Å². The molecule has 2 rings (SSSR count). The summed E-state index contributed by atoms with van der Waals surface area (Å²) in [6.45, 7) is 4.32. The minimum atomic E-state index is 0.0661. The van der Waals surface area contributed by atoms with Crippen LogP contribution in [0, 0.1) is 6.92 Å². The van der Waals surface area contributed by atoms with Crippen LogP contribution in [0.15, 0.2) is 24.3 Å². The predicted octanol–water partition coefficient (Wildman–Crippen LogP) is 1.24. The van der Waals surface area contributed by atoms with E-state index < -0.39 is 0 Å². The summed E-state index contributed by atoms with van der Waals surface area (Å²) in [4.78, 5) is 11.6. The van der Waals surface area contributed by atoms with Gasteiger partial charge in [0.1, 0.15) is 5.75 Å². The second-order valence-corrected chi connectivity index (χ2v) is 4.67. The number of amides is 1. The number of benzene rings is 1. The summed E-state index contributed by atoms with van der Waals surface area (Å²) >= 11 is 0. The molecule has 1 atom stereocenters. The maximum Gasteiger partial charge on any atom is 0.223 e. The number of rotatable bonds is 5. The van der Waals surface area contributed by atoms with Gasteiger partial charge in [-0.1, -0.05) is 12.1 Å². The van der Waals surface area contributed by atoms with Crippen LogP contribution in [0.2, 0.25) is 0 Å². The number of aryl methyl sites for hydroxylation is 1. The zero-order valence-corrected chi connectivity index (χ0v) is 10.7. The number of hydrogen-bond acceptors (Lipinski definition) is 3. The minimum Gasteiger partial charge on any atom is -0.493 e. The summed E-state index contributed by atoms with van der Waals surface area (Å²) in [7, 11) is 0. The third-order valence-corrected chi connectivity index (χ3v) is 3.01. The number of carbonyl (C=O) groups is 1. The number of carbonyl (C=O) groups excluding carboxylic acids is 1. The molecule has 1 aromatic carbocycles. The maximum absolute atomic E-state index is 11.6. The van der Waals surface area contributed by atoms with Gasteiger partial charge in [0.25, 0.3) is 0 Å². The van der Waals surface area contributed by atoms with Gasteiger partial charge in [-0.25, -0.2) is 0 Å². The SMILES string of the molecule is Cc1cccc(OCCC(=O)N[C@@H]2CCNC2)c1. The molecule has 1 aliphatic heterocycles. The molecule has 4 nitrogen and oxygen atoms in total. The van der Waals surface area contributed by atoms with Crippen LogP contribution in [0.25, 0.3) is 0 Å². The van der Waals surface area contributed by atoms with E-state index >= 15 is 0 Å². The van der Waals surface area contributed by atoms with Gasteiger partial charge in [0.15, 0.2) is 0 Å². The van der Waals surface area contributed by atoms with E-state index in [9.17, 15) is 4.79 Å². The average Bonchev–Trinajstić information content (AvgIpc) is 2.82. The fourth-order valence-electron chi connectivity index (χ4n) is 2.04. The second-order valence-electron chi connectivity index (χ2n) is 4.67. The number of nitrogens with one attached hydrogen (secondary N) is 2. The molecule has 98 valence electrons. The Bertz CT molecular complexity index is 401. The van der Waals surface area contributed by atoms with E-state index in [-0.39, 0.29) is 11.9 Å². The molecule has 0 bridgehead atoms. The van der Waals surface area contributed by atoms with Gasteiger partial charge in [0, 0.05) is 12.6 Å². The zero-order chi connectivity index (χ0) is 12.8. The highest BCUT2D eigenvalue weighted by atomic mass is 16.5. The monoisotopic (exact) mass is 248 g/mol. The van der Waals surface area contributed by atoms with Crippen LogP contribution in [-0.2, 0) is 4.79 Å². The summed E-state index contributed by atoms with van der Waals surface area (Å²) < 4.78 is 5.55. The highest BCUT2D eigenvalue weighted by Gasteiger charge is 2.16. The second kappa shape index (κ2) is 6.40. The van der Waals surface area contributed by atoms with Crippen LogP contribution in [0.3, 0.4) is 0 Å². The molecule has 1 aliphatic rings. The van der Waals surface area contributed by atoms with E-state index in [1.165, 1.54) is 0 Å². The van der Waals surface area contributed by atoms with Crippen molar-refractivity contribution in [3.8, 4) is 5.75 Å². The molecule has 0 radical (unpaired) electrons. The number of hydrogen-bond donors (Lipinski definition) is 2. The first-order valence-corrected chi connectivity index (χ1v) is 6.43. The van der Waals surface area contributed by atoms with Gasteiger partial charge in [-0.2, -0.15) is 0 Å². The smallest absolute Gasteiger partial charge is 0.223 e. The zero-order valence-electron chi connectivity index (χ0n) is 10.7. The highest BCUT2D eigenvalue weighted by Crippen LogP contribution is 2.12. The first kappa shape index (κ1) is 12.9. The van der Waals surface area contributed by atoms with Crippen LogP contribution < -0.4 is 15.4 Å². The lowest BCUT2D eigenvalue weighted by Crippen LogP contribution is -2.36.